The number of ether oxygens (including phenoxy) is 2. The third-order valence-electron chi connectivity index (χ3n) is 2.54. The van der Waals surface area contributed by atoms with Gasteiger partial charge in [0.2, 0.25) is 0 Å². The van der Waals surface area contributed by atoms with Crippen LogP contribution in [0, 0.1) is 0 Å². The molecule has 3 nitrogen and oxygen atoms in total. The molecule has 0 bridgehead atoms. The first kappa shape index (κ1) is 12.5. The van der Waals surface area contributed by atoms with E-state index >= 15 is 0 Å². The molecule has 88 valence electrons. The van der Waals surface area contributed by atoms with Gasteiger partial charge in [0.25, 0.3) is 0 Å². The normalized spacial score (nSPS) is 18.1. The monoisotopic (exact) mass is 213 g/mol. The van der Waals surface area contributed by atoms with Crippen molar-refractivity contribution in [2.75, 3.05) is 26.4 Å². The van der Waals surface area contributed by atoms with E-state index in [0.717, 1.165) is 45.6 Å². The highest BCUT2D eigenvalue weighted by Gasteiger charge is 2.16. The molecule has 1 unspecified atom stereocenters. The first-order valence-corrected chi connectivity index (χ1v) is 6.00. The Labute approximate surface area is 92.8 Å². The third kappa shape index (κ3) is 4.67. The smallest absolute Gasteiger partial charge is 0.0876 e. The van der Waals surface area contributed by atoms with E-state index in [-0.39, 0.29) is 0 Å². The lowest BCUT2D eigenvalue weighted by Crippen LogP contribution is -2.36. The van der Waals surface area contributed by atoms with Gasteiger partial charge in [0.1, 0.15) is 0 Å². The first-order valence-electron chi connectivity index (χ1n) is 6.00. The maximum absolute atomic E-state index is 5.49. The van der Waals surface area contributed by atoms with Crippen LogP contribution in [-0.4, -0.2) is 32.4 Å². The topological polar surface area (TPSA) is 30.5 Å². The molecule has 1 aliphatic rings. The van der Waals surface area contributed by atoms with E-state index in [1.807, 2.05) is 13.2 Å². The van der Waals surface area contributed by atoms with Crippen LogP contribution in [0.1, 0.15) is 33.1 Å². The van der Waals surface area contributed by atoms with Crippen LogP contribution < -0.4 is 5.32 Å². The molecule has 0 aromatic rings. The fourth-order valence-corrected chi connectivity index (χ4v) is 1.69. The van der Waals surface area contributed by atoms with Crippen molar-refractivity contribution in [3.8, 4) is 0 Å². The Morgan fingerprint density at radius 1 is 1.53 bits per heavy atom. The summed E-state index contributed by atoms with van der Waals surface area (Å²) in [6.07, 6.45) is 5.32. The van der Waals surface area contributed by atoms with Crippen LogP contribution in [-0.2, 0) is 9.47 Å². The summed E-state index contributed by atoms with van der Waals surface area (Å²) < 4.78 is 10.9. The summed E-state index contributed by atoms with van der Waals surface area (Å²) in [7, 11) is 0. The Kier molecular flexibility index (Phi) is 6.44. The molecule has 0 aromatic heterocycles. The van der Waals surface area contributed by atoms with Gasteiger partial charge >= 0.3 is 0 Å². The van der Waals surface area contributed by atoms with E-state index in [1.54, 1.807) is 0 Å². The number of hydrogen-bond donors (Lipinski definition) is 1. The molecule has 0 saturated heterocycles. The molecule has 0 saturated carbocycles. The van der Waals surface area contributed by atoms with E-state index in [4.69, 9.17) is 9.47 Å². The highest BCUT2D eigenvalue weighted by molar-refractivity contribution is 5.10. The van der Waals surface area contributed by atoms with Crippen LogP contribution in [0.5, 0.6) is 0 Å². The fourth-order valence-electron chi connectivity index (χ4n) is 1.69. The highest BCUT2D eigenvalue weighted by Crippen LogP contribution is 2.16. The summed E-state index contributed by atoms with van der Waals surface area (Å²) in [4.78, 5) is 0. The number of rotatable bonds is 7. The average molecular weight is 213 g/mol. The maximum atomic E-state index is 5.49. The molecule has 3 heteroatoms. The van der Waals surface area contributed by atoms with Gasteiger partial charge < -0.3 is 14.8 Å². The van der Waals surface area contributed by atoms with E-state index < -0.39 is 0 Å². The molecule has 0 aromatic carbocycles. The van der Waals surface area contributed by atoms with Gasteiger partial charge in [0.15, 0.2) is 0 Å². The Balaban J connectivity index is 2.41. The minimum Gasteiger partial charge on any atom is -0.501 e. The second-order valence-electron chi connectivity index (χ2n) is 3.83. The summed E-state index contributed by atoms with van der Waals surface area (Å²) in [5, 5.41) is 3.50. The molecule has 1 N–H and O–H groups in total. The van der Waals surface area contributed by atoms with Crippen LogP contribution >= 0.6 is 0 Å². The van der Waals surface area contributed by atoms with Crippen LogP contribution in [0.25, 0.3) is 0 Å². The molecule has 1 heterocycles. The molecule has 1 rings (SSSR count). The zero-order valence-corrected chi connectivity index (χ0v) is 9.92. The largest absolute Gasteiger partial charge is 0.501 e. The lowest BCUT2D eigenvalue weighted by atomic mass is 10.0. The van der Waals surface area contributed by atoms with Gasteiger partial charge in [0.05, 0.1) is 25.5 Å². The van der Waals surface area contributed by atoms with Gasteiger partial charge in [0, 0.05) is 6.61 Å². The van der Waals surface area contributed by atoms with Crippen LogP contribution in [0.4, 0.5) is 0 Å². The number of nitrogens with one attached hydrogen (secondary N) is 1. The first-order chi connectivity index (χ1) is 7.38. The van der Waals surface area contributed by atoms with Crippen molar-refractivity contribution in [3.05, 3.63) is 11.8 Å². The van der Waals surface area contributed by atoms with E-state index in [2.05, 4.69) is 12.2 Å². The van der Waals surface area contributed by atoms with Crippen molar-refractivity contribution in [2.45, 2.75) is 39.2 Å². The summed E-state index contributed by atoms with van der Waals surface area (Å²) in [6.45, 7) is 7.64. The van der Waals surface area contributed by atoms with E-state index in [9.17, 15) is 0 Å². The van der Waals surface area contributed by atoms with Gasteiger partial charge in [-0.15, -0.1) is 0 Å². The minimum atomic E-state index is 0.338. The second-order valence-corrected chi connectivity index (χ2v) is 3.83. The van der Waals surface area contributed by atoms with Crippen molar-refractivity contribution >= 4 is 0 Å². The molecular weight excluding hydrogens is 190 g/mol. The lowest BCUT2D eigenvalue weighted by molar-refractivity contribution is 0.125. The molecule has 0 fully saturated rings. The van der Waals surface area contributed by atoms with Crippen LogP contribution in [0.3, 0.4) is 0 Å². The Morgan fingerprint density at radius 2 is 2.40 bits per heavy atom. The molecule has 0 aliphatic carbocycles. The summed E-state index contributed by atoms with van der Waals surface area (Å²) in [6, 6.07) is 0.338. The predicted molar refractivity (Wildman–Crippen MR) is 61.8 cm³/mol. The highest BCUT2D eigenvalue weighted by atomic mass is 16.5. The zero-order valence-electron chi connectivity index (χ0n) is 9.92. The van der Waals surface area contributed by atoms with Crippen molar-refractivity contribution in [1.29, 1.82) is 0 Å². The standard InChI is InChI=1S/C12H23NO2/c1-3-7-13-12(10-14-4-2)11-6-5-8-15-9-11/h9,12-13H,3-8,10H2,1-2H3. The fraction of sp³-hybridized carbons (Fsp3) is 0.833. The Hall–Kier alpha value is -0.540. The molecule has 15 heavy (non-hydrogen) atoms. The van der Waals surface area contributed by atoms with Crippen molar-refractivity contribution in [3.63, 3.8) is 0 Å². The Bertz CT molecular complexity index is 184. The third-order valence-corrected chi connectivity index (χ3v) is 2.54. The van der Waals surface area contributed by atoms with Crippen molar-refractivity contribution in [1.82, 2.24) is 5.32 Å². The molecule has 1 aliphatic heterocycles. The maximum Gasteiger partial charge on any atom is 0.0876 e. The van der Waals surface area contributed by atoms with E-state index in [1.165, 1.54) is 5.57 Å². The van der Waals surface area contributed by atoms with Crippen LogP contribution in [0.15, 0.2) is 11.8 Å². The summed E-state index contributed by atoms with van der Waals surface area (Å²) in [5.41, 5.74) is 1.35. The molecule has 0 spiro atoms. The molecule has 0 amide bonds. The minimum absolute atomic E-state index is 0.338. The SMILES string of the molecule is CCCNC(COCC)C1=COCCC1. The molecule has 0 radical (unpaired) electrons. The van der Waals surface area contributed by atoms with Gasteiger partial charge in [-0.05, 0) is 38.3 Å². The van der Waals surface area contributed by atoms with E-state index in [0.29, 0.717) is 6.04 Å². The van der Waals surface area contributed by atoms with Crippen LogP contribution in [0.2, 0.25) is 0 Å². The number of hydrogen-bond acceptors (Lipinski definition) is 3. The van der Waals surface area contributed by atoms with Gasteiger partial charge in [-0.3, -0.25) is 0 Å². The summed E-state index contributed by atoms with van der Waals surface area (Å²) in [5.74, 6) is 0. The second kappa shape index (κ2) is 7.71. The average Bonchev–Trinajstić information content (AvgIpc) is 2.30. The molecular formula is C12H23NO2. The Morgan fingerprint density at radius 3 is 3.00 bits per heavy atom. The lowest BCUT2D eigenvalue weighted by Gasteiger charge is -2.24. The van der Waals surface area contributed by atoms with Gasteiger partial charge in [-0.25, -0.2) is 0 Å². The van der Waals surface area contributed by atoms with Gasteiger partial charge in [-0.2, -0.15) is 0 Å². The summed E-state index contributed by atoms with van der Waals surface area (Å²) >= 11 is 0. The quantitative estimate of drug-likeness (QED) is 0.702. The predicted octanol–water partition coefficient (Wildman–Crippen LogP) is 2.09. The van der Waals surface area contributed by atoms with Gasteiger partial charge in [-0.1, -0.05) is 6.92 Å². The van der Waals surface area contributed by atoms with Crippen molar-refractivity contribution < 1.29 is 9.47 Å². The van der Waals surface area contributed by atoms with Crippen molar-refractivity contribution in [2.24, 2.45) is 0 Å². The zero-order chi connectivity index (χ0) is 10.9. The molecule has 1 atom stereocenters.